The first-order valence-corrected chi connectivity index (χ1v) is 11.9. The van der Waals surface area contributed by atoms with Crippen molar-refractivity contribution >= 4 is 23.2 Å². The molecule has 1 aliphatic rings. The zero-order valence-corrected chi connectivity index (χ0v) is 19.3. The summed E-state index contributed by atoms with van der Waals surface area (Å²) in [6, 6.07) is 16.3. The third-order valence-corrected chi connectivity index (χ3v) is 6.46. The van der Waals surface area contributed by atoms with Gasteiger partial charge in [-0.1, -0.05) is 43.2 Å². The van der Waals surface area contributed by atoms with E-state index < -0.39 is 0 Å². The van der Waals surface area contributed by atoms with Crippen LogP contribution in [0.5, 0.6) is 11.5 Å². The third-order valence-electron chi connectivity index (χ3n) is 5.64. The molecule has 7 nitrogen and oxygen atoms in total. The van der Waals surface area contributed by atoms with Crippen molar-refractivity contribution in [2.45, 2.75) is 44.4 Å². The highest BCUT2D eigenvalue weighted by Crippen LogP contribution is 2.27. The van der Waals surface area contributed by atoms with Crippen LogP contribution in [-0.2, 0) is 6.61 Å². The minimum Gasteiger partial charge on any atom is -0.493 e. The van der Waals surface area contributed by atoms with Gasteiger partial charge in [-0.15, -0.1) is 11.3 Å². The molecule has 0 aliphatic heterocycles. The second kappa shape index (κ2) is 11.0. The van der Waals surface area contributed by atoms with Crippen molar-refractivity contribution in [3.05, 3.63) is 76.2 Å². The molecule has 0 saturated heterocycles. The lowest BCUT2D eigenvalue weighted by Crippen LogP contribution is -2.53. The summed E-state index contributed by atoms with van der Waals surface area (Å²) in [5.74, 6) is 0.917. The number of hydrogen-bond acceptors (Lipinski definition) is 6. The molecule has 4 rings (SSSR count). The fourth-order valence-corrected chi connectivity index (χ4v) is 4.60. The first-order valence-electron chi connectivity index (χ1n) is 11.0. The van der Waals surface area contributed by atoms with Crippen LogP contribution in [0.4, 0.5) is 0 Å². The first kappa shape index (κ1) is 22.8. The molecule has 1 aliphatic carbocycles. The zero-order valence-electron chi connectivity index (χ0n) is 18.5. The molecule has 2 N–H and O–H groups in total. The Kier molecular flexibility index (Phi) is 7.57. The van der Waals surface area contributed by atoms with Gasteiger partial charge >= 0.3 is 0 Å². The van der Waals surface area contributed by atoms with E-state index in [9.17, 15) is 9.59 Å². The highest BCUT2D eigenvalue weighted by Gasteiger charge is 2.29. The van der Waals surface area contributed by atoms with Gasteiger partial charge in [0.05, 0.1) is 7.11 Å². The van der Waals surface area contributed by atoms with Crippen LogP contribution in [0.15, 0.2) is 60.0 Å². The Balaban J connectivity index is 1.35. The second-order valence-corrected chi connectivity index (χ2v) is 8.82. The van der Waals surface area contributed by atoms with Crippen LogP contribution in [0.3, 0.4) is 0 Å². The fraction of sp³-hybridized carbons (Fsp3) is 0.320. The van der Waals surface area contributed by atoms with E-state index in [1.807, 2.05) is 42.5 Å². The van der Waals surface area contributed by atoms with Crippen molar-refractivity contribution in [2.75, 3.05) is 7.11 Å². The minimum absolute atomic E-state index is 0.109. The van der Waals surface area contributed by atoms with Gasteiger partial charge in [-0.2, -0.15) is 0 Å². The molecular formula is C25H27N3O4S. The number of nitrogens with one attached hydrogen (secondary N) is 2. The number of nitrogens with zero attached hydrogens (tertiary/aromatic N) is 1. The number of amides is 2. The number of hydrogen-bond donors (Lipinski definition) is 2. The van der Waals surface area contributed by atoms with E-state index in [0.717, 1.165) is 25.7 Å². The predicted molar refractivity (Wildman–Crippen MR) is 127 cm³/mol. The van der Waals surface area contributed by atoms with Crippen molar-refractivity contribution in [1.82, 2.24) is 15.6 Å². The van der Waals surface area contributed by atoms with Crippen molar-refractivity contribution in [2.24, 2.45) is 0 Å². The molecule has 1 heterocycles. The largest absolute Gasteiger partial charge is 0.493 e. The number of ether oxygens (including phenoxy) is 2. The van der Waals surface area contributed by atoms with Crippen LogP contribution in [-0.4, -0.2) is 36.0 Å². The average molecular weight is 466 g/mol. The van der Waals surface area contributed by atoms with Crippen molar-refractivity contribution in [3.8, 4) is 11.5 Å². The molecule has 2 amide bonds. The maximum absolute atomic E-state index is 12.9. The molecule has 0 spiro atoms. The van der Waals surface area contributed by atoms with Crippen LogP contribution in [0.25, 0.3) is 0 Å². The Hall–Kier alpha value is -3.39. The number of aromatic nitrogens is 1. The van der Waals surface area contributed by atoms with E-state index in [0.29, 0.717) is 27.8 Å². The van der Waals surface area contributed by atoms with E-state index in [1.54, 1.807) is 24.6 Å². The van der Waals surface area contributed by atoms with Gasteiger partial charge in [0, 0.05) is 23.0 Å². The highest BCUT2D eigenvalue weighted by molar-refractivity contribution is 7.09. The molecule has 172 valence electrons. The van der Waals surface area contributed by atoms with Gasteiger partial charge in [0.25, 0.3) is 11.8 Å². The first-order chi connectivity index (χ1) is 16.1. The van der Waals surface area contributed by atoms with Crippen LogP contribution in [0.2, 0.25) is 0 Å². The normalized spacial score (nSPS) is 17.7. The van der Waals surface area contributed by atoms with Crippen molar-refractivity contribution < 1.29 is 19.1 Å². The molecule has 0 radical (unpaired) electrons. The zero-order chi connectivity index (χ0) is 23.0. The van der Waals surface area contributed by atoms with Crippen LogP contribution in [0.1, 0.15) is 51.5 Å². The summed E-state index contributed by atoms with van der Waals surface area (Å²) in [4.78, 5) is 29.9. The summed E-state index contributed by atoms with van der Waals surface area (Å²) >= 11 is 1.37. The standard InChI is InChI=1S/C25H27N3O4S/c1-31-21-13-7-8-14-22(21)32-15-23-26-20(16-33-23)25(30)28-19-12-6-5-11-18(19)27-24(29)17-9-3-2-4-10-17/h2-4,7-10,13-14,16,18-19H,5-6,11-12,15H2,1H3,(H,27,29)(H,28,30)/t18-,19-/m0/s1. The van der Waals surface area contributed by atoms with E-state index >= 15 is 0 Å². The molecule has 33 heavy (non-hydrogen) atoms. The number of carbonyl (C=O) groups is 2. The topological polar surface area (TPSA) is 89.6 Å². The predicted octanol–water partition coefficient (Wildman–Crippen LogP) is 4.20. The lowest BCUT2D eigenvalue weighted by atomic mass is 9.90. The van der Waals surface area contributed by atoms with Gasteiger partial charge in [0.2, 0.25) is 0 Å². The molecule has 1 saturated carbocycles. The number of rotatable bonds is 8. The molecule has 0 unspecified atom stereocenters. The van der Waals surface area contributed by atoms with Gasteiger partial charge < -0.3 is 20.1 Å². The van der Waals surface area contributed by atoms with E-state index in [4.69, 9.17) is 9.47 Å². The Labute approximate surface area is 197 Å². The molecule has 8 heteroatoms. The van der Waals surface area contributed by atoms with Gasteiger partial charge in [0.1, 0.15) is 17.3 Å². The van der Waals surface area contributed by atoms with E-state index in [2.05, 4.69) is 15.6 Å². The Bertz CT molecular complexity index is 1090. The SMILES string of the molecule is COc1ccccc1OCc1nc(C(=O)N[C@H]2CCCC[C@@H]2NC(=O)c2ccccc2)cs1. The smallest absolute Gasteiger partial charge is 0.271 e. The summed E-state index contributed by atoms with van der Waals surface area (Å²) in [5.41, 5.74) is 0.977. The summed E-state index contributed by atoms with van der Waals surface area (Å²) in [6.07, 6.45) is 3.68. The van der Waals surface area contributed by atoms with E-state index in [-0.39, 0.29) is 30.5 Å². The summed E-state index contributed by atoms with van der Waals surface area (Å²) in [5, 5.41) is 8.60. The number of carbonyl (C=O) groups excluding carboxylic acids is 2. The number of para-hydroxylation sites is 2. The van der Waals surface area contributed by atoms with Crippen molar-refractivity contribution in [1.29, 1.82) is 0 Å². The molecule has 0 bridgehead atoms. The fourth-order valence-electron chi connectivity index (χ4n) is 3.92. The summed E-state index contributed by atoms with van der Waals surface area (Å²) < 4.78 is 11.1. The number of methoxy groups -OCH3 is 1. The van der Waals surface area contributed by atoms with E-state index in [1.165, 1.54) is 11.3 Å². The Morgan fingerprint density at radius 2 is 1.58 bits per heavy atom. The number of thiazole rings is 1. The lowest BCUT2D eigenvalue weighted by molar-refractivity contribution is 0.0860. The third kappa shape index (κ3) is 5.90. The average Bonchev–Trinajstić information content (AvgIpc) is 3.34. The Morgan fingerprint density at radius 3 is 2.27 bits per heavy atom. The molecule has 1 aromatic heterocycles. The lowest BCUT2D eigenvalue weighted by Gasteiger charge is -2.32. The monoisotopic (exact) mass is 465 g/mol. The molecular weight excluding hydrogens is 438 g/mol. The van der Waals surface area contributed by atoms with Crippen LogP contribution < -0.4 is 20.1 Å². The summed E-state index contributed by atoms with van der Waals surface area (Å²) in [7, 11) is 1.59. The number of benzene rings is 2. The molecule has 1 fully saturated rings. The maximum atomic E-state index is 12.9. The molecule has 2 aromatic carbocycles. The van der Waals surface area contributed by atoms with Gasteiger partial charge in [-0.05, 0) is 37.1 Å². The summed E-state index contributed by atoms with van der Waals surface area (Å²) in [6.45, 7) is 0.248. The van der Waals surface area contributed by atoms with Crippen LogP contribution in [0, 0.1) is 0 Å². The molecule has 3 aromatic rings. The maximum Gasteiger partial charge on any atom is 0.271 e. The van der Waals surface area contributed by atoms with Gasteiger partial charge in [-0.25, -0.2) is 4.98 Å². The highest BCUT2D eigenvalue weighted by atomic mass is 32.1. The minimum atomic E-state index is -0.236. The van der Waals surface area contributed by atoms with Crippen molar-refractivity contribution in [3.63, 3.8) is 0 Å². The van der Waals surface area contributed by atoms with Gasteiger partial charge in [-0.3, -0.25) is 9.59 Å². The van der Waals surface area contributed by atoms with Gasteiger partial charge in [0.15, 0.2) is 11.5 Å². The Morgan fingerprint density at radius 1 is 0.939 bits per heavy atom. The molecule has 2 atom stereocenters. The quantitative estimate of drug-likeness (QED) is 0.520. The second-order valence-electron chi connectivity index (χ2n) is 7.88. The van der Waals surface area contributed by atoms with Crippen LogP contribution >= 0.6 is 11.3 Å².